The molecule has 0 aliphatic carbocycles. The summed E-state index contributed by atoms with van der Waals surface area (Å²) in [7, 11) is 0. The molecule has 10 heteroatoms. The third-order valence-electron chi connectivity index (χ3n) is 5.48. The van der Waals surface area contributed by atoms with Gasteiger partial charge in [0.1, 0.15) is 6.04 Å². The lowest BCUT2D eigenvalue weighted by molar-refractivity contribution is -0.142. The fourth-order valence-electron chi connectivity index (χ4n) is 3.49. The predicted octanol–water partition coefficient (Wildman–Crippen LogP) is 3.27. The second kappa shape index (κ2) is 23.5. The van der Waals surface area contributed by atoms with Gasteiger partial charge < -0.3 is 30.3 Å². The van der Waals surface area contributed by atoms with E-state index in [0.29, 0.717) is 39.4 Å². The molecule has 2 amide bonds. The third kappa shape index (κ3) is 23.3. The summed E-state index contributed by atoms with van der Waals surface area (Å²) in [5.74, 6) is -2.46. The summed E-state index contributed by atoms with van der Waals surface area (Å²) in [4.78, 5) is 45.8. The molecule has 4 N–H and O–H groups in total. The number of hydrogen-bond donors (Lipinski definition) is 4. The highest BCUT2D eigenvalue weighted by atomic mass is 16.5. The van der Waals surface area contributed by atoms with Gasteiger partial charge in [0, 0.05) is 32.4 Å². The largest absolute Gasteiger partial charge is 0.481 e. The Balaban J connectivity index is 3.73. The topological polar surface area (TPSA) is 151 Å². The summed E-state index contributed by atoms with van der Waals surface area (Å²) in [6, 6.07) is -1.08. The van der Waals surface area contributed by atoms with Gasteiger partial charge in [0.05, 0.1) is 19.8 Å². The molecule has 0 aliphatic rings. The molecule has 0 aromatic rings. The number of ether oxygens (including phenoxy) is 2. The Labute approximate surface area is 209 Å². The van der Waals surface area contributed by atoms with Crippen LogP contribution in [0, 0.1) is 0 Å². The second-order valence-electron chi connectivity index (χ2n) is 8.59. The SMILES string of the molecule is CCOCCOCCNC(=O)CC[C@@H](NC(=O)CCCCCCCCCCCCC(=O)O)C(=O)O. The van der Waals surface area contributed by atoms with Crippen molar-refractivity contribution in [1.82, 2.24) is 10.6 Å². The highest BCUT2D eigenvalue weighted by molar-refractivity contribution is 5.84. The lowest BCUT2D eigenvalue weighted by Gasteiger charge is -2.14. The number of aliphatic carboxylic acids is 2. The molecule has 1 atom stereocenters. The van der Waals surface area contributed by atoms with Gasteiger partial charge in [-0.15, -0.1) is 0 Å². The summed E-state index contributed by atoms with van der Waals surface area (Å²) >= 11 is 0. The smallest absolute Gasteiger partial charge is 0.326 e. The van der Waals surface area contributed by atoms with Gasteiger partial charge in [-0.05, 0) is 26.2 Å². The zero-order valence-electron chi connectivity index (χ0n) is 21.4. The first-order chi connectivity index (χ1) is 16.9. The molecule has 0 fully saturated rings. The van der Waals surface area contributed by atoms with Crippen molar-refractivity contribution >= 4 is 23.8 Å². The number of nitrogens with one attached hydrogen (secondary N) is 2. The average molecular weight is 503 g/mol. The zero-order valence-corrected chi connectivity index (χ0v) is 21.4. The molecule has 0 aromatic heterocycles. The summed E-state index contributed by atoms with van der Waals surface area (Å²) < 4.78 is 10.4. The summed E-state index contributed by atoms with van der Waals surface area (Å²) in [5.41, 5.74) is 0. The number of hydrogen-bond acceptors (Lipinski definition) is 6. The Kier molecular flexibility index (Phi) is 22.1. The summed E-state index contributed by atoms with van der Waals surface area (Å²) in [5, 5.41) is 23.1. The van der Waals surface area contributed by atoms with E-state index in [0.717, 1.165) is 57.8 Å². The number of rotatable bonds is 25. The maximum Gasteiger partial charge on any atom is 0.326 e. The van der Waals surface area contributed by atoms with E-state index in [9.17, 15) is 24.3 Å². The van der Waals surface area contributed by atoms with Crippen LogP contribution in [0.4, 0.5) is 0 Å². The van der Waals surface area contributed by atoms with Gasteiger partial charge in [-0.3, -0.25) is 14.4 Å². The Morgan fingerprint density at radius 2 is 1.23 bits per heavy atom. The molecule has 0 aliphatic heterocycles. The van der Waals surface area contributed by atoms with E-state index in [-0.39, 0.29) is 37.5 Å². The van der Waals surface area contributed by atoms with Gasteiger partial charge in [-0.25, -0.2) is 4.79 Å². The van der Waals surface area contributed by atoms with Crippen LogP contribution in [0.2, 0.25) is 0 Å². The second-order valence-corrected chi connectivity index (χ2v) is 8.59. The van der Waals surface area contributed by atoms with E-state index in [1.807, 2.05) is 6.92 Å². The van der Waals surface area contributed by atoms with Crippen LogP contribution in [0.5, 0.6) is 0 Å². The monoisotopic (exact) mass is 502 g/mol. The van der Waals surface area contributed by atoms with E-state index in [1.165, 1.54) is 0 Å². The van der Waals surface area contributed by atoms with E-state index >= 15 is 0 Å². The van der Waals surface area contributed by atoms with Crippen LogP contribution in [0.3, 0.4) is 0 Å². The Bertz CT molecular complexity index is 586. The number of carbonyl (C=O) groups is 4. The van der Waals surface area contributed by atoms with Crippen molar-refractivity contribution in [1.29, 1.82) is 0 Å². The summed E-state index contributed by atoms with van der Waals surface area (Å²) in [6.45, 7) is 4.17. The molecule has 0 rings (SSSR count). The van der Waals surface area contributed by atoms with Crippen molar-refractivity contribution in [2.24, 2.45) is 0 Å². The van der Waals surface area contributed by atoms with E-state index in [4.69, 9.17) is 14.6 Å². The lowest BCUT2D eigenvalue weighted by atomic mass is 10.0. The highest BCUT2D eigenvalue weighted by Crippen LogP contribution is 2.12. The average Bonchev–Trinajstić information content (AvgIpc) is 2.81. The third-order valence-corrected chi connectivity index (χ3v) is 5.48. The van der Waals surface area contributed by atoms with Crippen molar-refractivity contribution in [3.05, 3.63) is 0 Å². The molecule has 0 spiro atoms. The Morgan fingerprint density at radius 3 is 1.77 bits per heavy atom. The fraction of sp³-hybridized carbons (Fsp3) is 0.840. The Hall–Kier alpha value is -2.20. The minimum Gasteiger partial charge on any atom is -0.481 e. The van der Waals surface area contributed by atoms with Crippen molar-refractivity contribution in [3.8, 4) is 0 Å². The molecule has 0 aromatic carbocycles. The number of amides is 2. The van der Waals surface area contributed by atoms with E-state index < -0.39 is 18.0 Å². The first kappa shape index (κ1) is 32.8. The van der Waals surface area contributed by atoms with Crippen LogP contribution in [0.15, 0.2) is 0 Å². The summed E-state index contributed by atoms with van der Waals surface area (Å²) in [6.07, 6.45) is 10.5. The van der Waals surface area contributed by atoms with Gasteiger partial charge in [-0.1, -0.05) is 51.4 Å². The van der Waals surface area contributed by atoms with Crippen LogP contribution in [-0.4, -0.2) is 73.0 Å². The molecular formula is C25H46N2O8. The maximum absolute atomic E-state index is 12.1. The maximum atomic E-state index is 12.1. The molecule has 0 saturated heterocycles. The molecule has 0 heterocycles. The van der Waals surface area contributed by atoms with Gasteiger partial charge in [0.15, 0.2) is 0 Å². The predicted molar refractivity (Wildman–Crippen MR) is 132 cm³/mol. The van der Waals surface area contributed by atoms with Gasteiger partial charge in [-0.2, -0.15) is 0 Å². The molecule has 10 nitrogen and oxygen atoms in total. The van der Waals surface area contributed by atoms with Crippen molar-refractivity contribution < 1.29 is 38.9 Å². The van der Waals surface area contributed by atoms with E-state index in [2.05, 4.69) is 10.6 Å². The molecular weight excluding hydrogens is 456 g/mol. The quantitative estimate of drug-likeness (QED) is 0.139. The minimum atomic E-state index is -1.15. The number of carboxylic acid groups (broad SMARTS) is 2. The van der Waals surface area contributed by atoms with E-state index in [1.54, 1.807) is 0 Å². The van der Waals surface area contributed by atoms with Crippen molar-refractivity contribution in [2.45, 2.75) is 103 Å². The van der Waals surface area contributed by atoms with Gasteiger partial charge in [0.2, 0.25) is 11.8 Å². The standard InChI is InChI=1S/C25H46N2O8/c1-2-34-19-20-35-18-17-26-22(28)16-15-21(25(32)33)27-23(29)13-11-9-7-5-3-4-6-8-10-12-14-24(30)31/h21H,2-20H2,1H3,(H,26,28)(H,27,29)(H,30,31)(H,32,33)/t21-/m1/s1. The minimum absolute atomic E-state index is 0.00967. The number of unbranched alkanes of at least 4 members (excludes halogenated alkanes) is 9. The van der Waals surface area contributed by atoms with Gasteiger partial charge in [0.25, 0.3) is 0 Å². The molecule has 0 unspecified atom stereocenters. The van der Waals surface area contributed by atoms with Crippen LogP contribution in [-0.2, 0) is 28.7 Å². The van der Waals surface area contributed by atoms with Crippen LogP contribution in [0.25, 0.3) is 0 Å². The molecule has 204 valence electrons. The lowest BCUT2D eigenvalue weighted by Crippen LogP contribution is -2.41. The number of carboxylic acids is 2. The normalized spacial score (nSPS) is 11.7. The fourth-order valence-corrected chi connectivity index (χ4v) is 3.49. The van der Waals surface area contributed by atoms with Crippen molar-refractivity contribution in [2.75, 3.05) is 33.0 Å². The number of carbonyl (C=O) groups excluding carboxylic acids is 2. The first-order valence-electron chi connectivity index (χ1n) is 13.0. The highest BCUT2D eigenvalue weighted by Gasteiger charge is 2.20. The van der Waals surface area contributed by atoms with Crippen LogP contribution < -0.4 is 10.6 Å². The first-order valence-corrected chi connectivity index (χ1v) is 13.0. The molecule has 0 radical (unpaired) electrons. The van der Waals surface area contributed by atoms with Crippen molar-refractivity contribution in [3.63, 3.8) is 0 Å². The molecule has 0 saturated carbocycles. The Morgan fingerprint density at radius 1 is 0.686 bits per heavy atom. The zero-order chi connectivity index (χ0) is 26.2. The van der Waals surface area contributed by atoms with Gasteiger partial charge >= 0.3 is 11.9 Å². The van der Waals surface area contributed by atoms with Crippen LogP contribution in [0.1, 0.15) is 96.8 Å². The molecule has 35 heavy (non-hydrogen) atoms. The molecule has 0 bridgehead atoms. The van der Waals surface area contributed by atoms with Crippen LogP contribution >= 0.6 is 0 Å².